The Bertz CT molecular complexity index is 831. The zero-order chi connectivity index (χ0) is 16.8. The van der Waals surface area contributed by atoms with E-state index in [9.17, 15) is 4.79 Å². The van der Waals surface area contributed by atoms with E-state index in [0.29, 0.717) is 16.3 Å². The van der Waals surface area contributed by atoms with Crippen molar-refractivity contribution >= 4 is 17.6 Å². The van der Waals surface area contributed by atoms with Crippen molar-refractivity contribution in [2.24, 2.45) is 0 Å². The molecule has 3 aromatic carbocycles. The third-order valence-electron chi connectivity index (χ3n) is 3.31. The maximum atomic E-state index is 12.0. The smallest absolute Gasteiger partial charge is 0.338 e. The molecular weight excluding hydrogens is 324 g/mol. The molecule has 3 rings (SSSR count). The van der Waals surface area contributed by atoms with Gasteiger partial charge in [0.25, 0.3) is 0 Å². The number of hydrogen-bond donors (Lipinski definition) is 0. The van der Waals surface area contributed by atoms with Gasteiger partial charge in [0.05, 0.1) is 5.56 Å². The number of benzene rings is 3. The van der Waals surface area contributed by atoms with E-state index in [1.807, 2.05) is 54.6 Å². The topological polar surface area (TPSA) is 35.5 Å². The monoisotopic (exact) mass is 338 g/mol. The lowest BCUT2D eigenvalue weighted by Crippen LogP contribution is -2.05. The van der Waals surface area contributed by atoms with Crippen molar-refractivity contribution in [1.29, 1.82) is 0 Å². The Hall–Kier alpha value is -2.78. The SMILES string of the molecule is O=C(OCc1cccc(Oc2ccccc2)c1)c1cccc(Cl)c1. The maximum absolute atomic E-state index is 12.0. The first kappa shape index (κ1) is 16.1. The first-order valence-electron chi connectivity index (χ1n) is 7.45. The van der Waals surface area contributed by atoms with Crippen molar-refractivity contribution < 1.29 is 14.3 Å². The molecule has 0 aliphatic heterocycles. The third-order valence-corrected chi connectivity index (χ3v) is 3.54. The lowest BCUT2D eigenvalue weighted by molar-refractivity contribution is 0.0472. The highest BCUT2D eigenvalue weighted by atomic mass is 35.5. The highest BCUT2D eigenvalue weighted by Gasteiger charge is 2.08. The van der Waals surface area contributed by atoms with Gasteiger partial charge in [-0.2, -0.15) is 0 Å². The second-order valence-corrected chi connectivity index (χ2v) is 5.59. The van der Waals surface area contributed by atoms with Crippen LogP contribution in [0.5, 0.6) is 11.5 Å². The van der Waals surface area contributed by atoms with Crippen LogP contribution in [0.3, 0.4) is 0 Å². The Kier molecular flexibility index (Phi) is 5.14. The van der Waals surface area contributed by atoms with Crippen LogP contribution >= 0.6 is 11.6 Å². The van der Waals surface area contributed by atoms with E-state index in [-0.39, 0.29) is 6.61 Å². The van der Waals surface area contributed by atoms with Gasteiger partial charge in [0.15, 0.2) is 0 Å². The van der Waals surface area contributed by atoms with Gasteiger partial charge in [-0.05, 0) is 48.0 Å². The number of rotatable bonds is 5. The van der Waals surface area contributed by atoms with Crippen LogP contribution in [-0.4, -0.2) is 5.97 Å². The van der Waals surface area contributed by atoms with Gasteiger partial charge in [0, 0.05) is 5.02 Å². The van der Waals surface area contributed by atoms with Gasteiger partial charge in [-0.25, -0.2) is 4.79 Å². The summed E-state index contributed by atoms with van der Waals surface area (Å²) < 4.78 is 11.1. The van der Waals surface area contributed by atoms with Crippen molar-refractivity contribution in [2.75, 3.05) is 0 Å². The second-order valence-electron chi connectivity index (χ2n) is 5.15. The second kappa shape index (κ2) is 7.66. The molecule has 0 aliphatic rings. The van der Waals surface area contributed by atoms with E-state index in [0.717, 1.165) is 11.3 Å². The summed E-state index contributed by atoms with van der Waals surface area (Å²) >= 11 is 5.88. The van der Waals surface area contributed by atoms with Crippen LogP contribution in [0.25, 0.3) is 0 Å². The van der Waals surface area contributed by atoms with Crippen LogP contribution < -0.4 is 4.74 Å². The summed E-state index contributed by atoms with van der Waals surface area (Å²) in [5.41, 5.74) is 1.28. The summed E-state index contributed by atoms with van der Waals surface area (Å²) in [4.78, 5) is 12.0. The largest absolute Gasteiger partial charge is 0.457 e. The predicted octanol–water partition coefficient (Wildman–Crippen LogP) is 5.49. The number of ether oxygens (including phenoxy) is 2. The van der Waals surface area contributed by atoms with Gasteiger partial charge < -0.3 is 9.47 Å². The van der Waals surface area contributed by atoms with Crippen LogP contribution in [0.2, 0.25) is 5.02 Å². The number of hydrogen-bond acceptors (Lipinski definition) is 3. The number of esters is 1. The first-order chi connectivity index (χ1) is 11.7. The minimum atomic E-state index is -0.410. The van der Waals surface area contributed by atoms with Crippen molar-refractivity contribution in [1.82, 2.24) is 0 Å². The summed E-state index contributed by atoms with van der Waals surface area (Å²) in [6, 6.07) is 23.6. The van der Waals surface area contributed by atoms with Gasteiger partial charge >= 0.3 is 5.97 Å². The Labute approximate surface area is 145 Å². The molecule has 120 valence electrons. The van der Waals surface area contributed by atoms with Gasteiger partial charge in [0.2, 0.25) is 0 Å². The minimum absolute atomic E-state index is 0.164. The van der Waals surface area contributed by atoms with Crippen molar-refractivity contribution in [3.63, 3.8) is 0 Å². The first-order valence-corrected chi connectivity index (χ1v) is 7.83. The number of carbonyl (C=O) groups excluding carboxylic acids is 1. The van der Waals surface area contributed by atoms with Gasteiger partial charge in [-0.1, -0.05) is 48.0 Å². The molecule has 0 aliphatic carbocycles. The minimum Gasteiger partial charge on any atom is -0.457 e. The molecule has 0 radical (unpaired) electrons. The fraction of sp³-hybridized carbons (Fsp3) is 0.0500. The lowest BCUT2D eigenvalue weighted by atomic mass is 10.2. The quantitative estimate of drug-likeness (QED) is 0.577. The summed E-state index contributed by atoms with van der Waals surface area (Å²) in [5.74, 6) is 1.04. The van der Waals surface area contributed by atoms with Gasteiger partial charge in [-0.15, -0.1) is 0 Å². The molecule has 0 heterocycles. The summed E-state index contributed by atoms with van der Waals surface area (Å²) in [5, 5.41) is 0.503. The molecule has 0 atom stereocenters. The molecule has 0 amide bonds. The highest BCUT2D eigenvalue weighted by Crippen LogP contribution is 2.22. The lowest BCUT2D eigenvalue weighted by Gasteiger charge is -2.08. The van der Waals surface area contributed by atoms with Crippen molar-refractivity contribution in [2.45, 2.75) is 6.61 Å². The van der Waals surface area contributed by atoms with E-state index < -0.39 is 5.97 Å². The molecule has 0 aromatic heterocycles. The normalized spacial score (nSPS) is 10.2. The van der Waals surface area contributed by atoms with Crippen LogP contribution in [0.1, 0.15) is 15.9 Å². The zero-order valence-corrected chi connectivity index (χ0v) is 13.6. The van der Waals surface area contributed by atoms with E-state index in [1.54, 1.807) is 24.3 Å². The molecule has 3 nitrogen and oxygen atoms in total. The molecule has 4 heteroatoms. The van der Waals surface area contributed by atoms with Gasteiger partial charge in [0.1, 0.15) is 18.1 Å². The molecule has 24 heavy (non-hydrogen) atoms. The van der Waals surface area contributed by atoms with E-state index >= 15 is 0 Å². The standard InChI is InChI=1S/C20H15ClO3/c21-17-8-5-7-16(13-17)20(22)23-14-15-6-4-11-19(12-15)24-18-9-2-1-3-10-18/h1-13H,14H2. The van der Waals surface area contributed by atoms with E-state index in [1.165, 1.54) is 0 Å². The fourth-order valence-corrected chi connectivity index (χ4v) is 2.36. The zero-order valence-electron chi connectivity index (χ0n) is 12.8. The van der Waals surface area contributed by atoms with Crippen molar-refractivity contribution in [3.05, 3.63) is 95.0 Å². The molecule has 0 spiro atoms. The molecule has 0 unspecified atom stereocenters. The molecule has 0 saturated carbocycles. The fourth-order valence-electron chi connectivity index (χ4n) is 2.17. The van der Waals surface area contributed by atoms with Crippen LogP contribution in [0, 0.1) is 0 Å². The summed E-state index contributed by atoms with van der Waals surface area (Å²) in [6.07, 6.45) is 0. The average Bonchev–Trinajstić information content (AvgIpc) is 2.61. The predicted molar refractivity (Wildman–Crippen MR) is 93.5 cm³/mol. The number of halogens is 1. The summed E-state index contributed by atoms with van der Waals surface area (Å²) in [7, 11) is 0. The van der Waals surface area contributed by atoms with Gasteiger partial charge in [-0.3, -0.25) is 0 Å². The average molecular weight is 339 g/mol. The molecule has 3 aromatic rings. The van der Waals surface area contributed by atoms with Crippen LogP contribution in [0.15, 0.2) is 78.9 Å². The molecule has 0 N–H and O–H groups in total. The third kappa shape index (κ3) is 4.37. The Balaban J connectivity index is 1.63. The molecular formula is C20H15ClO3. The Morgan fingerprint density at radius 1 is 0.833 bits per heavy atom. The highest BCUT2D eigenvalue weighted by molar-refractivity contribution is 6.30. The van der Waals surface area contributed by atoms with Crippen molar-refractivity contribution in [3.8, 4) is 11.5 Å². The van der Waals surface area contributed by atoms with E-state index in [4.69, 9.17) is 21.1 Å². The van der Waals surface area contributed by atoms with Crippen LogP contribution in [0.4, 0.5) is 0 Å². The molecule has 0 fully saturated rings. The maximum Gasteiger partial charge on any atom is 0.338 e. The van der Waals surface area contributed by atoms with E-state index in [2.05, 4.69) is 0 Å². The number of para-hydroxylation sites is 1. The Morgan fingerprint density at radius 3 is 2.38 bits per heavy atom. The Morgan fingerprint density at radius 2 is 1.58 bits per heavy atom. The molecule has 0 saturated heterocycles. The molecule has 0 bridgehead atoms. The number of carbonyl (C=O) groups is 1. The van der Waals surface area contributed by atoms with Crippen LogP contribution in [-0.2, 0) is 11.3 Å². The summed E-state index contributed by atoms with van der Waals surface area (Å²) in [6.45, 7) is 0.164.